The smallest absolute Gasteiger partial charge is 0.0466 e. The van der Waals surface area contributed by atoms with Gasteiger partial charge < -0.3 is 9.80 Å². The highest BCUT2D eigenvalue weighted by Crippen LogP contribution is 2.55. The van der Waals surface area contributed by atoms with E-state index in [1.165, 1.54) is 134 Å². The highest BCUT2D eigenvalue weighted by molar-refractivity contribution is 5.93. The lowest BCUT2D eigenvalue weighted by Gasteiger charge is -2.29. The molecule has 0 saturated heterocycles. The third-order valence-electron chi connectivity index (χ3n) is 17.8. The summed E-state index contributed by atoms with van der Waals surface area (Å²) in [6, 6.07) is 70.7. The number of rotatable bonds is 10. The van der Waals surface area contributed by atoms with Gasteiger partial charge in [-0.25, -0.2) is 0 Å². The van der Waals surface area contributed by atoms with Gasteiger partial charge in [-0.2, -0.15) is 0 Å². The number of benzene rings is 9. The van der Waals surface area contributed by atoms with E-state index in [0.717, 1.165) is 12.1 Å². The van der Waals surface area contributed by atoms with Crippen LogP contribution in [0.5, 0.6) is 0 Å². The van der Waals surface area contributed by atoms with Crippen molar-refractivity contribution in [1.29, 1.82) is 0 Å². The lowest BCUT2D eigenvalue weighted by molar-refractivity contribution is 0.645. The number of nitrogens with zero attached hydrogens (tertiary/aromatic N) is 2. The summed E-state index contributed by atoms with van der Waals surface area (Å²) in [6.45, 7) is 23.1. The molecule has 2 nitrogen and oxygen atoms in total. The molecule has 0 spiro atoms. The van der Waals surface area contributed by atoms with Crippen LogP contribution < -0.4 is 9.80 Å². The Hall–Kier alpha value is -8.46. The van der Waals surface area contributed by atoms with Gasteiger partial charge in [0.05, 0.1) is 0 Å². The molecule has 0 amide bonds. The molecular formula is C77H70N2. The number of fused-ring (bicyclic) bond motifs is 9. The molecule has 0 aromatic heterocycles. The van der Waals surface area contributed by atoms with Gasteiger partial charge in [0.25, 0.3) is 0 Å². The molecule has 0 saturated carbocycles. The van der Waals surface area contributed by atoms with Gasteiger partial charge in [-0.3, -0.25) is 0 Å². The molecule has 1 atom stereocenters. The predicted octanol–water partition coefficient (Wildman–Crippen LogP) is 21.0. The van der Waals surface area contributed by atoms with Crippen molar-refractivity contribution in [3.63, 3.8) is 0 Å². The topological polar surface area (TPSA) is 6.48 Å². The van der Waals surface area contributed by atoms with Crippen molar-refractivity contribution >= 4 is 57.9 Å². The van der Waals surface area contributed by atoms with Crippen LogP contribution >= 0.6 is 0 Å². The van der Waals surface area contributed by atoms with Crippen LogP contribution in [-0.2, 0) is 16.2 Å². The Labute approximate surface area is 469 Å². The van der Waals surface area contributed by atoms with Gasteiger partial charge in [-0.1, -0.05) is 193 Å². The van der Waals surface area contributed by atoms with Gasteiger partial charge >= 0.3 is 0 Å². The molecule has 388 valence electrons. The van der Waals surface area contributed by atoms with E-state index in [1.54, 1.807) is 0 Å². The van der Waals surface area contributed by atoms with Crippen molar-refractivity contribution < 1.29 is 0 Å². The van der Waals surface area contributed by atoms with Crippen LogP contribution in [0.4, 0.5) is 34.1 Å². The first-order valence-electron chi connectivity index (χ1n) is 28.4. The molecule has 13 rings (SSSR count). The molecule has 0 N–H and O–H groups in total. The van der Waals surface area contributed by atoms with E-state index in [0.29, 0.717) is 5.92 Å². The third-order valence-corrected chi connectivity index (χ3v) is 17.8. The maximum absolute atomic E-state index is 2.55. The first-order valence-corrected chi connectivity index (χ1v) is 28.4. The SMILES string of the molecule is Cc1cc(C)cc(N(c2ccccc2)c2ccc3c(c2)C(C)(C)C2=CC(/C=C/c4ccc5c(c4)C(C)(C)c4cc(/C=C/c6ccc7c(c6)C(C)(C)c6cc(N(c8ccccc8)c8cc(C)cc(C)c8)ccc6-7)ccc4-5)CC=C23)c1. The number of para-hydroxylation sites is 2. The second kappa shape index (κ2) is 18.9. The van der Waals surface area contributed by atoms with Gasteiger partial charge in [0, 0.05) is 50.4 Å². The molecular weight excluding hydrogens is 953 g/mol. The van der Waals surface area contributed by atoms with Gasteiger partial charge in [-0.15, -0.1) is 0 Å². The molecule has 79 heavy (non-hydrogen) atoms. The van der Waals surface area contributed by atoms with Gasteiger partial charge in [0.1, 0.15) is 0 Å². The fourth-order valence-electron chi connectivity index (χ4n) is 13.8. The Morgan fingerprint density at radius 3 is 1.18 bits per heavy atom. The van der Waals surface area contributed by atoms with Crippen molar-refractivity contribution in [2.45, 2.75) is 91.9 Å². The van der Waals surface area contributed by atoms with Gasteiger partial charge in [-0.05, 0) is 219 Å². The maximum atomic E-state index is 2.55. The number of aryl methyl sites for hydroxylation is 4. The van der Waals surface area contributed by atoms with Gasteiger partial charge in [0.2, 0.25) is 0 Å². The van der Waals surface area contributed by atoms with Crippen LogP contribution in [0.15, 0.2) is 212 Å². The van der Waals surface area contributed by atoms with Gasteiger partial charge in [0.15, 0.2) is 0 Å². The van der Waals surface area contributed by atoms with Crippen LogP contribution in [-0.4, -0.2) is 0 Å². The number of hydrogen-bond acceptors (Lipinski definition) is 2. The van der Waals surface area contributed by atoms with E-state index in [-0.39, 0.29) is 16.2 Å². The van der Waals surface area contributed by atoms with Crippen molar-refractivity contribution in [3.8, 4) is 22.3 Å². The summed E-state index contributed by atoms with van der Waals surface area (Å²) in [4.78, 5) is 4.82. The largest absolute Gasteiger partial charge is 0.310 e. The fourth-order valence-corrected chi connectivity index (χ4v) is 13.8. The molecule has 9 aromatic rings. The molecule has 0 radical (unpaired) electrons. The molecule has 0 heterocycles. The van der Waals surface area contributed by atoms with E-state index in [2.05, 4.69) is 304 Å². The molecule has 9 aromatic carbocycles. The minimum absolute atomic E-state index is 0.129. The lowest BCUT2D eigenvalue weighted by atomic mass is 9.78. The summed E-state index contributed by atoms with van der Waals surface area (Å²) < 4.78 is 0. The summed E-state index contributed by atoms with van der Waals surface area (Å²) in [5.74, 6) is 0.320. The number of hydrogen-bond donors (Lipinski definition) is 0. The average Bonchev–Trinajstić information content (AvgIpc) is 4.01. The standard InChI is InChI=1S/C77H70N2/c1-49-37-50(2)40-61(39-49)78(57-17-13-11-14-18-57)59-29-35-67-65-33-27-55(45-71(65)76(7,8)73(67)47-59)23-21-53-25-31-63-64-32-26-54(44-70(64)75(5,6)69(63)43-53)22-24-56-28-34-66-68-36-30-60(48-74(68)77(9,10)72(66)46-56)79(58-19-15-12-16-20-58)62-41-51(3)38-52(4)42-62/h11-27,29-48,56H,28H2,1-10H3/b23-21+,24-22+. The molecule has 2 heteroatoms. The molecule has 4 aliphatic rings. The zero-order valence-corrected chi connectivity index (χ0v) is 47.5. The Morgan fingerprint density at radius 2 is 0.734 bits per heavy atom. The Bertz CT molecular complexity index is 4020. The molecule has 0 aliphatic heterocycles. The monoisotopic (exact) mass is 1020 g/mol. The van der Waals surface area contributed by atoms with E-state index in [4.69, 9.17) is 0 Å². The zero-order valence-electron chi connectivity index (χ0n) is 47.5. The van der Waals surface area contributed by atoms with Crippen molar-refractivity contribution in [3.05, 3.63) is 284 Å². The van der Waals surface area contributed by atoms with Crippen LogP contribution in [0.25, 0.3) is 46.1 Å². The number of allylic oxidation sites excluding steroid dienone is 5. The summed E-state index contributed by atoms with van der Waals surface area (Å²) >= 11 is 0. The molecule has 1 unspecified atom stereocenters. The highest BCUT2D eigenvalue weighted by Gasteiger charge is 2.41. The first kappa shape index (κ1) is 50.1. The minimum Gasteiger partial charge on any atom is -0.310 e. The summed E-state index contributed by atoms with van der Waals surface area (Å²) in [5.41, 5.74) is 31.8. The van der Waals surface area contributed by atoms with Crippen molar-refractivity contribution in [2.24, 2.45) is 5.92 Å². The second-order valence-electron chi connectivity index (χ2n) is 24.6. The normalized spacial score (nSPS) is 16.7. The Balaban J connectivity index is 0.724. The summed E-state index contributed by atoms with van der Waals surface area (Å²) in [5, 5.41) is 0. The van der Waals surface area contributed by atoms with Crippen LogP contribution in [0.2, 0.25) is 0 Å². The van der Waals surface area contributed by atoms with E-state index in [1.807, 2.05) is 0 Å². The lowest BCUT2D eigenvalue weighted by Crippen LogP contribution is -2.18. The Morgan fingerprint density at radius 1 is 0.354 bits per heavy atom. The van der Waals surface area contributed by atoms with Crippen molar-refractivity contribution in [1.82, 2.24) is 0 Å². The van der Waals surface area contributed by atoms with Crippen LogP contribution in [0, 0.1) is 33.6 Å². The predicted molar refractivity (Wildman–Crippen MR) is 338 cm³/mol. The fraction of sp³-hybridized carbons (Fsp3) is 0.195. The van der Waals surface area contributed by atoms with E-state index in [9.17, 15) is 0 Å². The molecule has 0 bridgehead atoms. The summed E-state index contributed by atoms with van der Waals surface area (Å²) in [7, 11) is 0. The molecule has 4 aliphatic carbocycles. The summed E-state index contributed by atoms with van der Waals surface area (Å²) in [6.07, 6.45) is 15.4. The average molecular weight is 1020 g/mol. The van der Waals surface area contributed by atoms with E-state index >= 15 is 0 Å². The number of anilines is 6. The highest BCUT2D eigenvalue weighted by atomic mass is 15.1. The first-order chi connectivity index (χ1) is 38.0. The second-order valence-corrected chi connectivity index (χ2v) is 24.6. The Kier molecular flexibility index (Phi) is 12.0. The third kappa shape index (κ3) is 8.65. The zero-order chi connectivity index (χ0) is 54.5. The van der Waals surface area contributed by atoms with Crippen LogP contribution in [0.1, 0.15) is 120 Å². The minimum atomic E-state index is -0.167. The quantitative estimate of drug-likeness (QED) is 0.126. The van der Waals surface area contributed by atoms with Crippen LogP contribution in [0.3, 0.4) is 0 Å². The molecule has 0 fully saturated rings. The maximum Gasteiger partial charge on any atom is 0.0466 e. The van der Waals surface area contributed by atoms with E-state index < -0.39 is 0 Å². The van der Waals surface area contributed by atoms with Crippen molar-refractivity contribution in [2.75, 3.05) is 9.80 Å².